The summed E-state index contributed by atoms with van der Waals surface area (Å²) in [6, 6.07) is 1.79. The van der Waals surface area contributed by atoms with Gasteiger partial charge in [-0.25, -0.2) is 4.79 Å². The molecule has 0 fully saturated rings. The lowest BCUT2D eigenvalue weighted by atomic mass is 10.1. The fourth-order valence-electron chi connectivity index (χ4n) is 2.39. The van der Waals surface area contributed by atoms with Crippen molar-refractivity contribution in [2.24, 2.45) is 7.05 Å². The smallest absolute Gasteiger partial charge is 0.449 e. The van der Waals surface area contributed by atoms with E-state index in [2.05, 4.69) is 9.72 Å². The van der Waals surface area contributed by atoms with Gasteiger partial charge in [-0.15, -0.1) is 0 Å². The van der Waals surface area contributed by atoms with Crippen molar-refractivity contribution in [1.29, 1.82) is 0 Å². The zero-order chi connectivity index (χ0) is 17.8. The number of benzene rings is 1. The molecule has 0 aliphatic rings. The summed E-state index contributed by atoms with van der Waals surface area (Å²) < 4.78 is 45.5. The highest BCUT2D eigenvalue weighted by Gasteiger charge is 2.34. The number of rotatable bonds is 1. The van der Waals surface area contributed by atoms with Crippen LogP contribution in [0.5, 0.6) is 5.88 Å². The molecule has 0 atom stereocenters. The first-order valence-corrected chi connectivity index (χ1v) is 6.39. The molecule has 3 rings (SSSR count). The summed E-state index contributed by atoms with van der Waals surface area (Å²) in [6.45, 7) is 0. The summed E-state index contributed by atoms with van der Waals surface area (Å²) in [4.78, 5) is 26.5. The van der Waals surface area contributed by atoms with Gasteiger partial charge in [0.15, 0.2) is 0 Å². The molecule has 0 aliphatic carbocycles. The number of alkyl halides is 3. The maximum absolute atomic E-state index is 13.0. The molecule has 2 heterocycles. The summed E-state index contributed by atoms with van der Waals surface area (Å²) >= 11 is 0. The van der Waals surface area contributed by atoms with Gasteiger partial charge in [0.1, 0.15) is 0 Å². The van der Waals surface area contributed by atoms with Crippen LogP contribution >= 0.6 is 0 Å². The third-order valence-electron chi connectivity index (χ3n) is 3.44. The van der Waals surface area contributed by atoms with E-state index >= 15 is 0 Å². The predicted octanol–water partition coefficient (Wildman–Crippen LogP) is 1.84. The van der Waals surface area contributed by atoms with Gasteiger partial charge in [-0.05, 0) is 12.1 Å². The highest BCUT2D eigenvalue weighted by Crippen LogP contribution is 2.36. The van der Waals surface area contributed by atoms with Gasteiger partial charge in [0, 0.05) is 12.7 Å². The van der Waals surface area contributed by atoms with Crippen molar-refractivity contribution in [2.75, 3.05) is 5.73 Å². The molecule has 0 radical (unpaired) electrons. The predicted molar refractivity (Wildman–Crippen MR) is 76.0 cm³/mol. The Morgan fingerprint density at radius 2 is 2.00 bits per heavy atom. The number of carboxylic acid groups (broad SMARTS) is 1. The number of nitrogens with zero attached hydrogens (tertiary/aromatic N) is 3. The fourth-order valence-corrected chi connectivity index (χ4v) is 2.39. The SMILES string of the molecule is Cn1c(=O)c2nc(OC(=O)O)cn2c2cc(N)c(C(F)(F)F)cc21. The van der Waals surface area contributed by atoms with Gasteiger partial charge in [-0.1, -0.05) is 0 Å². The van der Waals surface area contributed by atoms with E-state index in [4.69, 9.17) is 10.8 Å². The van der Waals surface area contributed by atoms with E-state index in [0.717, 1.165) is 27.3 Å². The minimum atomic E-state index is -4.68. The lowest BCUT2D eigenvalue weighted by Crippen LogP contribution is -2.21. The number of nitrogens with two attached hydrogens (primary N) is 1. The number of halogens is 3. The molecule has 1 aromatic carbocycles. The van der Waals surface area contributed by atoms with Crippen LogP contribution in [0.1, 0.15) is 5.56 Å². The second-order valence-corrected chi connectivity index (χ2v) is 4.93. The summed E-state index contributed by atoms with van der Waals surface area (Å²) in [5.41, 5.74) is 3.02. The molecule has 0 bridgehead atoms. The van der Waals surface area contributed by atoms with E-state index in [1.807, 2.05) is 0 Å². The highest BCUT2D eigenvalue weighted by atomic mass is 19.4. The van der Waals surface area contributed by atoms with E-state index in [1.165, 1.54) is 7.05 Å². The largest absolute Gasteiger partial charge is 0.512 e. The molecule has 0 aliphatic heterocycles. The molecule has 126 valence electrons. The number of ether oxygens (including phenoxy) is 1. The molecule has 0 spiro atoms. The molecule has 3 N–H and O–H groups in total. The number of nitrogen functional groups attached to an aromatic ring is 1. The molecule has 0 amide bonds. The number of carbonyl (C=O) groups is 1. The van der Waals surface area contributed by atoms with Gasteiger partial charge in [0.25, 0.3) is 5.56 Å². The maximum atomic E-state index is 13.0. The molecule has 3 aromatic rings. The van der Waals surface area contributed by atoms with E-state index in [0.29, 0.717) is 0 Å². The van der Waals surface area contributed by atoms with Crippen LogP contribution in [0.4, 0.5) is 23.7 Å². The Labute approximate surface area is 130 Å². The van der Waals surface area contributed by atoms with Gasteiger partial charge >= 0.3 is 12.3 Å². The molecular weight excluding hydrogens is 333 g/mol. The summed E-state index contributed by atoms with van der Waals surface area (Å²) in [5.74, 6) is -0.384. The lowest BCUT2D eigenvalue weighted by Gasteiger charge is -2.14. The number of aromatic nitrogens is 3. The van der Waals surface area contributed by atoms with Gasteiger partial charge in [-0.3, -0.25) is 9.20 Å². The van der Waals surface area contributed by atoms with Crippen LogP contribution in [0.3, 0.4) is 0 Å². The first-order valence-electron chi connectivity index (χ1n) is 6.39. The summed E-state index contributed by atoms with van der Waals surface area (Å²) in [7, 11) is 1.27. The second-order valence-electron chi connectivity index (χ2n) is 4.93. The van der Waals surface area contributed by atoms with Crippen molar-refractivity contribution in [3.8, 4) is 5.88 Å². The van der Waals surface area contributed by atoms with Crippen molar-refractivity contribution < 1.29 is 27.8 Å². The molecule has 11 heteroatoms. The lowest BCUT2D eigenvalue weighted by molar-refractivity contribution is -0.136. The molecule has 0 saturated heterocycles. The van der Waals surface area contributed by atoms with Crippen LogP contribution in [0, 0.1) is 0 Å². The number of fused-ring (bicyclic) bond motifs is 3. The minimum Gasteiger partial charge on any atom is -0.449 e. The van der Waals surface area contributed by atoms with Crippen molar-refractivity contribution in [1.82, 2.24) is 14.0 Å². The monoisotopic (exact) mass is 342 g/mol. The first kappa shape index (κ1) is 15.6. The molecule has 0 unspecified atom stereocenters. The Bertz CT molecular complexity index is 1050. The Morgan fingerprint density at radius 1 is 1.33 bits per heavy atom. The normalized spacial score (nSPS) is 12.0. The topological polar surface area (TPSA) is 112 Å². The summed E-state index contributed by atoms with van der Waals surface area (Å²) in [6.07, 6.45) is -5.24. The number of aryl methyl sites for hydroxylation is 1. The first-order chi connectivity index (χ1) is 11.1. The Hall–Kier alpha value is -3.24. The third kappa shape index (κ3) is 2.30. The van der Waals surface area contributed by atoms with Gasteiger partial charge in [0.05, 0.1) is 22.8 Å². The van der Waals surface area contributed by atoms with Crippen molar-refractivity contribution in [3.63, 3.8) is 0 Å². The molecular formula is C13H9F3N4O4. The van der Waals surface area contributed by atoms with Crippen LogP contribution < -0.4 is 16.0 Å². The van der Waals surface area contributed by atoms with Crippen LogP contribution in [0.25, 0.3) is 16.7 Å². The van der Waals surface area contributed by atoms with Crippen LogP contribution in [0.15, 0.2) is 23.1 Å². The number of hydrogen-bond donors (Lipinski definition) is 2. The second kappa shape index (κ2) is 4.88. The average molecular weight is 342 g/mol. The Balaban J connectivity index is 2.43. The van der Waals surface area contributed by atoms with Gasteiger partial charge in [-0.2, -0.15) is 18.2 Å². The van der Waals surface area contributed by atoms with Crippen molar-refractivity contribution >= 4 is 28.5 Å². The number of imidazole rings is 1. The van der Waals surface area contributed by atoms with Crippen molar-refractivity contribution in [3.05, 3.63) is 34.2 Å². The van der Waals surface area contributed by atoms with E-state index in [-0.39, 0.29) is 22.6 Å². The van der Waals surface area contributed by atoms with Gasteiger partial charge < -0.3 is 20.1 Å². The summed E-state index contributed by atoms with van der Waals surface area (Å²) in [5, 5.41) is 8.60. The van der Waals surface area contributed by atoms with Crippen LogP contribution in [-0.4, -0.2) is 25.2 Å². The van der Waals surface area contributed by atoms with Crippen molar-refractivity contribution in [2.45, 2.75) is 6.18 Å². The van der Waals surface area contributed by atoms with Crippen LogP contribution in [-0.2, 0) is 13.2 Å². The van der Waals surface area contributed by atoms with Crippen LogP contribution in [0.2, 0.25) is 0 Å². The Kier molecular flexibility index (Phi) is 3.18. The fraction of sp³-hybridized carbons (Fsp3) is 0.154. The molecule has 2 aromatic heterocycles. The molecule has 24 heavy (non-hydrogen) atoms. The Morgan fingerprint density at radius 3 is 2.58 bits per heavy atom. The average Bonchev–Trinajstić information content (AvgIpc) is 2.86. The van der Waals surface area contributed by atoms with E-state index < -0.39 is 29.1 Å². The number of anilines is 1. The molecule has 8 nitrogen and oxygen atoms in total. The maximum Gasteiger partial charge on any atom is 0.512 e. The zero-order valence-corrected chi connectivity index (χ0v) is 12.0. The standard InChI is InChI=1S/C13H9F3N4O4/c1-19-7-2-5(13(14,15)16)6(17)3-8(7)20-4-9(24-12(22)23)18-10(20)11(19)21/h2-4H,17H2,1H3,(H,22,23). The van der Waals surface area contributed by atoms with E-state index in [1.54, 1.807) is 0 Å². The zero-order valence-electron chi connectivity index (χ0n) is 12.0. The third-order valence-corrected chi connectivity index (χ3v) is 3.44. The highest BCUT2D eigenvalue weighted by molar-refractivity contribution is 5.83. The quantitative estimate of drug-likeness (QED) is 0.515. The molecule has 0 saturated carbocycles. The van der Waals surface area contributed by atoms with Gasteiger partial charge in [0.2, 0.25) is 11.5 Å². The number of hydrogen-bond acceptors (Lipinski definition) is 5. The van der Waals surface area contributed by atoms with E-state index in [9.17, 15) is 22.8 Å². The minimum absolute atomic E-state index is 0.0479.